The number of nitrogens with one attached hydrogen (secondary N) is 1. The number of ether oxygens (including phenoxy) is 1. The van der Waals surface area contributed by atoms with E-state index < -0.39 is 16.1 Å². The second kappa shape index (κ2) is 10.7. The van der Waals surface area contributed by atoms with Crippen LogP contribution in [0.15, 0.2) is 24.3 Å². The van der Waals surface area contributed by atoms with Crippen LogP contribution in [0.1, 0.15) is 39.0 Å². The van der Waals surface area contributed by atoms with E-state index in [4.69, 9.17) is 4.74 Å². The van der Waals surface area contributed by atoms with E-state index in [-0.39, 0.29) is 5.91 Å². The molecule has 2 rings (SSSR count). The number of hydrogen-bond donors (Lipinski definition) is 1. The van der Waals surface area contributed by atoms with Gasteiger partial charge in [-0.05, 0) is 70.1 Å². The van der Waals surface area contributed by atoms with Crippen LogP contribution < -0.4 is 14.4 Å². The number of sulfonamides is 1. The summed E-state index contributed by atoms with van der Waals surface area (Å²) in [6, 6.07) is 5.81. The predicted molar refractivity (Wildman–Crippen MR) is 112 cm³/mol. The van der Waals surface area contributed by atoms with Crippen LogP contribution in [0.5, 0.6) is 5.75 Å². The van der Waals surface area contributed by atoms with E-state index >= 15 is 0 Å². The van der Waals surface area contributed by atoms with Crippen molar-refractivity contribution >= 4 is 21.6 Å². The lowest BCUT2D eigenvalue weighted by atomic mass is 10.2. The molecule has 1 amide bonds. The molecule has 0 spiro atoms. The molecule has 1 atom stereocenters. The van der Waals surface area contributed by atoms with Gasteiger partial charge in [0.05, 0.1) is 19.1 Å². The molecule has 1 saturated heterocycles. The number of amides is 1. The molecule has 1 N–H and O–H groups in total. The van der Waals surface area contributed by atoms with Crippen LogP contribution in [-0.4, -0.2) is 64.8 Å². The van der Waals surface area contributed by atoms with Gasteiger partial charge in [-0.2, -0.15) is 0 Å². The molecule has 1 aromatic carbocycles. The minimum absolute atomic E-state index is 0.294. The quantitative estimate of drug-likeness (QED) is 0.631. The summed E-state index contributed by atoms with van der Waals surface area (Å²) in [6.07, 6.45) is 7.07. The maximum atomic E-state index is 12.6. The zero-order valence-corrected chi connectivity index (χ0v) is 18.0. The first-order chi connectivity index (χ1) is 13.3. The van der Waals surface area contributed by atoms with Crippen molar-refractivity contribution in [2.45, 2.75) is 45.1 Å². The third-order valence-electron chi connectivity index (χ3n) is 5.06. The molecule has 28 heavy (non-hydrogen) atoms. The molecule has 1 aliphatic rings. The van der Waals surface area contributed by atoms with Crippen molar-refractivity contribution < 1.29 is 17.9 Å². The fourth-order valence-corrected chi connectivity index (χ4v) is 4.73. The highest BCUT2D eigenvalue weighted by Gasteiger charge is 2.28. The summed E-state index contributed by atoms with van der Waals surface area (Å²) in [5.74, 6) is 0.333. The van der Waals surface area contributed by atoms with Crippen molar-refractivity contribution in [1.29, 1.82) is 0 Å². The molecule has 8 heteroatoms. The van der Waals surface area contributed by atoms with Crippen molar-refractivity contribution in [2.75, 3.05) is 43.8 Å². The molecule has 0 aromatic heterocycles. The van der Waals surface area contributed by atoms with Gasteiger partial charge in [0.25, 0.3) is 0 Å². The summed E-state index contributed by atoms with van der Waals surface area (Å²) < 4.78 is 30.9. The van der Waals surface area contributed by atoms with Gasteiger partial charge in [0, 0.05) is 6.54 Å². The van der Waals surface area contributed by atoms with Gasteiger partial charge in [-0.1, -0.05) is 12.8 Å². The lowest BCUT2D eigenvalue weighted by Gasteiger charge is -2.28. The number of carbonyl (C=O) groups is 1. The lowest BCUT2D eigenvalue weighted by Crippen LogP contribution is -2.48. The van der Waals surface area contributed by atoms with Gasteiger partial charge >= 0.3 is 0 Å². The fraction of sp³-hybridized carbons (Fsp3) is 0.650. The highest BCUT2D eigenvalue weighted by molar-refractivity contribution is 7.92. The molecule has 1 heterocycles. The Hall–Kier alpha value is -1.80. The van der Waals surface area contributed by atoms with Crippen molar-refractivity contribution in [3.05, 3.63) is 24.3 Å². The maximum Gasteiger partial charge on any atom is 0.243 e. The fourth-order valence-electron chi connectivity index (χ4n) is 3.56. The number of anilines is 1. The SMILES string of the molecule is COc1ccc(N(C(C)C(=O)NCCCN2CCCCCC2)S(C)(=O)=O)cc1. The average Bonchev–Trinajstić information content (AvgIpc) is 2.93. The van der Waals surface area contributed by atoms with Gasteiger partial charge in [0.1, 0.15) is 11.8 Å². The van der Waals surface area contributed by atoms with E-state index in [1.807, 2.05) is 0 Å². The minimum Gasteiger partial charge on any atom is -0.497 e. The van der Waals surface area contributed by atoms with Gasteiger partial charge in [0.2, 0.25) is 15.9 Å². The van der Waals surface area contributed by atoms with Crippen LogP contribution in [0.4, 0.5) is 5.69 Å². The molecule has 1 fully saturated rings. The summed E-state index contributed by atoms with van der Waals surface area (Å²) in [5.41, 5.74) is 0.440. The van der Waals surface area contributed by atoms with E-state index in [0.717, 1.165) is 36.6 Å². The highest BCUT2D eigenvalue weighted by Crippen LogP contribution is 2.23. The summed E-state index contributed by atoms with van der Waals surface area (Å²) in [4.78, 5) is 15.0. The summed E-state index contributed by atoms with van der Waals surface area (Å²) in [5, 5.41) is 2.89. The average molecular weight is 412 g/mol. The van der Waals surface area contributed by atoms with Gasteiger partial charge in [-0.25, -0.2) is 8.42 Å². The van der Waals surface area contributed by atoms with E-state index in [2.05, 4.69) is 10.2 Å². The molecule has 158 valence electrons. The van der Waals surface area contributed by atoms with E-state index in [0.29, 0.717) is 18.0 Å². The Morgan fingerprint density at radius 3 is 2.32 bits per heavy atom. The third kappa shape index (κ3) is 6.67. The zero-order chi connectivity index (χ0) is 20.6. The lowest BCUT2D eigenvalue weighted by molar-refractivity contribution is -0.121. The molecule has 0 bridgehead atoms. The number of benzene rings is 1. The Labute approximate surface area is 169 Å². The van der Waals surface area contributed by atoms with E-state index in [1.54, 1.807) is 38.3 Å². The molecule has 1 aliphatic heterocycles. The Morgan fingerprint density at radius 1 is 1.18 bits per heavy atom. The van der Waals surface area contributed by atoms with Crippen molar-refractivity contribution in [3.63, 3.8) is 0 Å². The van der Waals surface area contributed by atoms with Gasteiger partial charge in [-0.3, -0.25) is 9.10 Å². The van der Waals surface area contributed by atoms with Crippen LogP contribution >= 0.6 is 0 Å². The molecule has 0 saturated carbocycles. The molecule has 0 aliphatic carbocycles. The highest BCUT2D eigenvalue weighted by atomic mass is 32.2. The Bertz CT molecular complexity index is 713. The number of hydrogen-bond acceptors (Lipinski definition) is 5. The Morgan fingerprint density at radius 2 is 1.79 bits per heavy atom. The first-order valence-electron chi connectivity index (χ1n) is 9.96. The van der Waals surface area contributed by atoms with Crippen molar-refractivity contribution in [3.8, 4) is 5.75 Å². The molecule has 1 aromatic rings. The number of nitrogens with zero attached hydrogens (tertiary/aromatic N) is 2. The molecule has 7 nitrogen and oxygen atoms in total. The topological polar surface area (TPSA) is 79.0 Å². The zero-order valence-electron chi connectivity index (χ0n) is 17.2. The van der Waals surface area contributed by atoms with Crippen LogP contribution in [0.25, 0.3) is 0 Å². The molecule has 0 radical (unpaired) electrons. The van der Waals surface area contributed by atoms with Crippen LogP contribution in [-0.2, 0) is 14.8 Å². The minimum atomic E-state index is -3.61. The third-order valence-corrected chi connectivity index (χ3v) is 6.31. The van der Waals surface area contributed by atoms with Crippen LogP contribution in [0.2, 0.25) is 0 Å². The maximum absolute atomic E-state index is 12.6. The first kappa shape index (κ1) is 22.5. The normalized spacial score (nSPS) is 16.8. The van der Waals surface area contributed by atoms with Crippen LogP contribution in [0.3, 0.4) is 0 Å². The van der Waals surface area contributed by atoms with Crippen LogP contribution in [0, 0.1) is 0 Å². The monoisotopic (exact) mass is 411 g/mol. The second-order valence-corrected chi connectivity index (χ2v) is 9.19. The number of rotatable bonds is 9. The summed E-state index contributed by atoms with van der Waals surface area (Å²) in [6.45, 7) is 5.37. The van der Waals surface area contributed by atoms with E-state index in [1.165, 1.54) is 25.7 Å². The second-order valence-electron chi connectivity index (χ2n) is 7.33. The van der Waals surface area contributed by atoms with Crippen molar-refractivity contribution in [1.82, 2.24) is 10.2 Å². The largest absolute Gasteiger partial charge is 0.497 e. The standard InChI is InChI=1S/C20H33N3O4S/c1-17(20(24)21-13-8-16-22-14-6-4-5-7-15-22)23(28(3,25)26)18-9-11-19(27-2)12-10-18/h9-12,17H,4-8,13-16H2,1-3H3,(H,21,24). The van der Waals surface area contributed by atoms with Gasteiger partial charge in [-0.15, -0.1) is 0 Å². The number of methoxy groups -OCH3 is 1. The summed E-state index contributed by atoms with van der Waals surface area (Å²) in [7, 11) is -2.06. The van der Waals surface area contributed by atoms with Gasteiger partial charge < -0.3 is 15.0 Å². The molecular weight excluding hydrogens is 378 g/mol. The van der Waals surface area contributed by atoms with Gasteiger partial charge in [0.15, 0.2) is 0 Å². The Kier molecular flexibility index (Phi) is 8.57. The smallest absolute Gasteiger partial charge is 0.243 e. The van der Waals surface area contributed by atoms with E-state index in [9.17, 15) is 13.2 Å². The molecule has 1 unspecified atom stereocenters. The predicted octanol–water partition coefficient (Wildman–Crippen LogP) is 2.23. The number of likely N-dealkylation sites (tertiary alicyclic amines) is 1. The van der Waals surface area contributed by atoms with Crippen molar-refractivity contribution in [2.24, 2.45) is 0 Å². The summed E-state index contributed by atoms with van der Waals surface area (Å²) >= 11 is 0. The first-order valence-corrected chi connectivity index (χ1v) is 11.8. The molecular formula is C20H33N3O4S. The number of carbonyl (C=O) groups excluding carboxylic acids is 1. The Balaban J connectivity index is 1.91.